The lowest BCUT2D eigenvalue weighted by atomic mass is 9.97. The van der Waals surface area contributed by atoms with Gasteiger partial charge in [-0.05, 0) is 25.0 Å². The Bertz CT molecular complexity index is 589. The molecular weight excluding hydrogens is 318 g/mol. The van der Waals surface area contributed by atoms with Crippen LogP contribution in [0.5, 0.6) is 5.75 Å². The van der Waals surface area contributed by atoms with Crippen molar-refractivity contribution in [3.8, 4) is 5.75 Å². The standard InChI is InChI=1S/C20H27NO4/c1-24-18-12-8-7-9-16(18)13-14-20(23)25-15-19(22)21-17-10-5-3-2-4-6-11-17/h7-9,12-14,17H,2-6,10-11,15H2,1H3,(H,21,22). The van der Waals surface area contributed by atoms with Crippen molar-refractivity contribution < 1.29 is 19.1 Å². The van der Waals surface area contributed by atoms with Crippen molar-refractivity contribution >= 4 is 18.0 Å². The van der Waals surface area contributed by atoms with Crippen LogP contribution in [0.3, 0.4) is 0 Å². The van der Waals surface area contributed by atoms with E-state index in [1.807, 2.05) is 24.3 Å². The lowest BCUT2D eigenvalue weighted by Gasteiger charge is -2.20. The van der Waals surface area contributed by atoms with E-state index in [2.05, 4.69) is 5.32 Å². The van der Waals surface area contributed by atoms with Crippen LogP contribution in [0.4, 0.5) is 0 Å². The first-order valence-electron chi connectivity index (χ1n) is 8.96. The van der Waals surface area contributed by atoms with E-state index >= 15 is 0 Å². The summed E-state index contributed by atoms with van der Waals surface area (Å²) in [5.74, 6) is -0.100. The number of carbonyl (C=O) groups is 2. The molecule has 0 aromatic heterocycles. The molecule has 1 N–H and O–H groups in total. The minimum atomic E-state index is -0.543. The highest BCUT2D eigenvalue weighted by Crippen LogP contribution is 2.19. The maximum absolute atomic E-state index is 12.0. The topological polar surface area (TPSA) is 64.6 Å². The molecule has 0 atom stereocenters. The summed E-state index contributed by atoms with van der Waals surface area (Å²) in [6.45, 7) is -0.244. The zero-order valence-corrected chi connectivity index (χ0v) is 14.8. The Morgan fingerprint density at radius 2 is 1.80 bits per heavy atom. The van der Waals surface area contributed by atoms with Crippen molar-refractivity contribution in [2.24, 2.45) is 0 Å². The minimum Gasteiger partial charge on any atom is -0.496 e. The molecule has 0 saturated heterocycles. The predicted molar refractivity (Wildman–Crippen MR) is 97.2 cm³/mol. The number of hydrogen-bond acceptors (Lipinski definition) is 4. The molecule has 0 radical (unpaired) electrons. The lowest BCUT2D eigenvalue weighted by molar-refractivity contribution is -0.144. The molecule has 2 rings (SSSR count). The van der Waals surface area contributed by atoms with Crippen LogP contribution in [0, 0.1) is 0 Å². The number of nitrogens with one attached hydrogen (secondary N) is 1. The number of para-hydroxylation sites is 1. The molecule has 0 aliphatic heterocycles. The quantitative estimate of drug-likeness (QED) is 0.633. The number of ether oxygens (including phenoxy) is 2. The van der Waals surface area contributed by atoms with Crippen molar-refractivity contribution in [1.82, 2.24) is 5.32 Å². The van der Waals surface area contributed by atoms with Crippen LogP contribution in [0.25, 0.3) is 6.08 Å². The van der Waals surface area contributed by atoms with Crippen molar-refractivity contribution in [3.05, 3.63) is 35.9 Å². The fourth-order valence-electron chi connectivity index (χ4n) is 3.02. The molecule has 1 saturated carbocycles. The fraction of sp³-hybridized carbons (Fsp3) is 0.500. The van der Waals surface area contributed by atoms with E-state index in [9.17, 15) is 9.59 Å². The highest BCUT2D eigenvalue weighted by atomic mass is 16.5. The van der Waals surface area contributed by atoms with Gasteiger partial charge >= 0.3 is 5.97 Å². The van der Waals surface area contributed by atoms with Crippen LogP contribution < -0.4 is 10.1 Å². The van der Waals surface area contributed by atoms with Crippen molar-refractivity contribution in [2.75, 3.05) is 13.7 Å². The molecule has 1 aliphatic rings. The summed E-state index contributed by atoms with van der Waals surface area (Å²) in [6.07, 6.45) is 11.0. The summed E-state index contributed by atoms with van der Waals surface area (Å²) in [4.78, 5) is 23.7. The van der Waals surface area contributed by atoms with E-state index in [0.717, 1.165) is 31.2 Å². The van der Waals surface area contributed by atoms with Gasteiger partial charge in [0.2, 0.25) is 0 Å². The van der Waals surface area contributed by atoms with Gasteiger partial charge in [-0.1, -0.05) is 50.3 Å². The molecule has 0 heterocycles. The molecule has 0 bridgehead atoms. The number of esters is 1. The maximum atomic E-state index is 12.0. The summed E-state index contributed by atoms with van der Waals surface area (Å²) in [6, 6.07) is 7.57. The normalized spacial score (nSPS) is 16.0. The number of carbonyl (C=O) groups excluding carboxylic acids is 2. The van der Waals surface area contributed by atoms with Crippen LogP contribution in [-0.2, 0) is 14.3 Å². The van der Waals surface area contributed by atoms with Gasteiger partial charge in [-0.25, -0.2) is 4.79 Å². The van der Waals surface area contributed by atoms with E-state index in [1.54, 1.807) is 13.2 Å². The van der Waals surface area contributed by atoms with Crippen LogP contribution in [0.15, 0.2) is 30.3 Å². The molecule has 25 heavy (non-hydrogen) atoms. The number of amides is 1. The smallest absolute Gasteiger partial charge is 0.331 e. The zero-order chi connectivity index (χ0) is 17.9. The molecule has 1 aromatic carbocycles. The average Bonchev–Trinajstić information content (AvgIpc) is 2.60. The summed E-state index contributed by atoms with van der Waals surface area (Å²) < 4.78 is 10.2. The Morgan fingerprint density at radius 3 is 2.52 bits per heavy atom. The second-order valence-corrected chi connectivity index (χ2v) is 6.29. The zero-order valence-electron chi connectivity index (χ0n) is 14.8. The van der Waals surface area contributed by atoms with E-state index in [4.69, 9.17) is 9.47 Å². The third kappa shape index (κ3) is 6.99. The summed E-state index contributed by atoms with van der Waals surface area (Å²) in [5.41, 5.74) is 0.779. The SMILES string of the molecule is COc1ccccc1C=CC(=O)OCC(=O)NC1CCCCCCC1. The highest BCUT2D eigenvalue weighted by molar-refractivity contribution is 5.89. The molecule has 1 amide bonds. The first-order valence-corrected chi connectivity index (χ1v) is 8.96. The first-order chi connectivity index (χ1) is 12.2. The maximum Gasteiger partial charge on any atom is 0.331 e. The van der Waals surface area contributed by atoms with Crippen LogP contribution >= 0.6 is 0 Å². The van der Waals surface area contributed by atoms with Gasteiger partial charge in [0.1, 0.15) is 5.75 Å². The van der Waals surface area contributed by atoms with Gasteiger partial charge in [-0.3, -0.25) is 4.79 Å². The summed E-state index contributed by atoms with van der Waals surface area (Å²) >= 11 is 0. The molecule has 136 valence electrons. The van der Waals surface area contributed by atoms with E-state index in [-0.39, 0.29) is 18.6 Å². The Kier molecular flexibility index (Phi) is 8.02. The van der Waals surface area contributed by atoms with Gasteiger partial charge in [0.15, 0.2) is 6.61 Å². The predicted octanol–water partition coefficient (Wildman–Crippen LogP) is 3.48. The second kappa shape index (κ2) is 10.5. The molecule has 1 aliphatic carbocycles. The highest BCUT2D eigenvalue weighted by Gasteiger charge is 2.14. The van der Waals surface area contributed by atoms with Crippen molar-refractivity contribution in [3.63, 3.8) is 0 Å². The van der Waals surface area contributed by atoms with Gasteiger partial charge in [0.05, 0.1) is 7.11 Å². The third-order valence-electron chi connectivity index (χ3n) is 4.35. The number of benzene rings is 1. The molecule has 0 spiro atoms. The Labute approximate surface area is 149 Å². The Balaban J connectivity index is 1.75. The van der Waals surface area contributed by atoms with Crippen LogP contribution in [0.1, 0.15) is 50.5 Å². The number of hydrogen-bond donors (Lipinski definition) is 1. The molecule has 5 nitrogen and oxygen atoms in total. The molecule has 5 heteroatoms. The van der Waals surface area contributed by atoms with Crippen LogP contribution in [0.2, 0.25) is 0 Å². The summed E-state index contributed by atoms with van der Waals surface area (Å²) in [5, 5.41) is 2.97. The van der Waals surface area contributed by atoms with Gasteiger partial charge in [0.25, 0.3) is 5.91 Å². The summed E-state index contributed by atoms with van der Waals surface area (Å²) in [7, 11) is 1.57. The van der Waals surface area contributed by atoms with Crippen molar-refractivity contribution in [2.45, 2.75) is 51.0 Å². The van der Waals surface area contributed by atoms with Crippen LogP contribution in [-0.4, -0.2) is 31.6 Å². The van der Waals surface area contributed by atoms with Gasteiger partial charge < -0.3 is 14.8 Å². The number of methoxy groups -OCH3 is 1. The first kappa shape index (κ1) is 19.0. The van der Waals surface area contributed by atoms with E-state index < -0.39 is 5.97 Å². The van der Waals surface area contributed by atoms with Gasteiger partial charge in [0, 0.05) is 17.7 Å². The van der Waals surface area contributed by atoms with E-state index in [1.165, 1.54) is 25.3 Å². The van der Waals surface area contributed by atoms with Crippen molar-refractivity contribution in [1.29, 1.82) is 0 Å². The monoisotopic (exact) mass is 345 g/mol. The third-order valence-corrected chi connectivity index (χ3v) is 4.35. The largest absolute Gasteiger partial charge is 0.496 e. The van der Waals surface area contributed by atoms with E-state index in [0.29, 0.717) is 5.75 Å². The van der Waals surface area contributed by atoms with Gasteiger partial charge in [-0.2, -0.15) is 0 Å². The molecular formula is C20H27NO4. The minimum absolute atomic E-state index is 0.204. The Morgan fingerprint density at radius 1 is 1.12 bits per heavy atom. The molecule has 1 aromatic rings. The Hall–Kier alpha value is -2.30. The number of rotatable bonds is 6. The average molecular weight is 345 g/mol. The molecule has 1 fully saturated rings. The second-order valence-electron chi connectivity index (χ2n) is 6.29. The van der Waals surface area contributed by atoms with Gasteiger partial charge in [-0.15, -0.1) is 0 Å². The molecule has 0 unspecified atom stereocenters. The lowest BCUT2D eigenvalue weighted by Crippen LogP contribution is -2.37. The fourth-order valence-corrected chi connectivity index (χ4v) is 3.02.